The second kappa shape index (κ2) is 8.55. The molecule has 1 atom stereocenters. The highest BCUT2D eigenvalue weighted by Crippen LogP contribution is 2.33. The van der Waals surface area contributed by atoms with Crippen molar-refractivity contribution in [2.45, 2.75) is 39.7 Å². The zero-order valence-corrected chi connectivity index (χ0v) is 18.8. The van der Waals surface area contributed by atoms with Crippen molar-refractivity contribution in [1.82, 2.24) is 9.62 Å². The number of likely N-dealkylation sites (tertiary alicyclic amines) is 1. The number of rotatable bonds is 5. The second-order valence-electron chi connectivity index (χ2n) is 9.01. The Morgan fingerprint density at radius 2 is 1.70 bits per heavy atom. The number of nitrogens with zero attached hydrogens (tertiary/aromatic N) is 1. The molecule has 1 fully saturated rings. The van der Waals surface area contributed by atoms with Crippen molar-refractivity contribution in [2.24, 2.45) is 11.3 Å². The SMILES string of the molecule is CC(C)(C)[C@@H](NS(C)(=O)=O)C(=O)N1CCC(C(=O)c2ccc3c(c2)OCCO3)CC1. The van der Waals surface area contributed by atoms with Gasteiger partial charge in [-0.1, -0.05) is 20.8 Å². The molecule has 30 heavy (non-hydrogen) atoms. The zero-order valence-electron chi connectivity index (χ0n) is 17.9. The average Bonchev–Trinajstić information content (AvgIpc) is 2.69. The standard InChI is InChI=1S/C21H30N2O6S/c1-21(2,3)19(22-30(4,26)27)20(25)23-9-7-14(8-10-23)18(24)15-5-6-16-17(13-15)29-12-11-28-16/h5-6,13-14,19,22H,7-12H2,1-4H3/t19-/m0/s1. The van der Waals surface area contributed by atoms with Gasteiger partial charge in [-0.15, -0.1) is 0 Å². The normalized spacial score (nSPS) is 18.7. The van der Waals surface area contributed by atoms with Crippen molar-refractivity contribution >= 4 is 21.7 Å². The first kappa shape index (κ1) is 22.6. The molecule has 2 heterocycles. The number of piperidine rings is 1. The van der Waals surface area contributed by atoms with Crippen LogP contribution in [0.3, 0.4) is 0 Å². The van der Waals surface area contributed by atoms with Gasteiger partial charge in [-0.2, -0.15) is 0 Å². The molecule has 1 N–H and O–H groups in total. The molecule has 0 aliphatic carbocycles. The summed E-state index contributed by atoms with van der Waals surface area (Å²) in [6.07, 6.45) is 2.13. The Balaban J connectivity index is 1.65. The first-order chi connectivity index (χ1) is 14.0. The number of benzene rings is 1. The summed E-state index contributed by atoms with van der Waals surface area (Å²) in [5.41, 5.74) is 0.00762. The third-order valence-electron chi connectivity index (χ3n) is 5.45. The van der Waals surface area contributed by atoms with E-state index in [-0.39, 0.29) is 17.6 Å². The van der Waals surface area contributed by atoms with E-state index in [0.29, 0.717) is 56.2 Å². The predicted octanol–water partition coefficient (Wildman–Crippen LogP) is 1.84. The van der Waals surface area contributed by atoms with E-state index in [1.54, 1.807) is 23.1 Å². The van der Waals surface area contributed by atoms with E-state index in [9.17, 15) is 18.0 Å². The summed E-state index contributed by atoms with van der Waals surface area (Å²) in [6, 6.07) is 4.38. The van der Waals surface area contributed by atoms with Gasteiger partial charge in [0.25, 0.3) is 0 Å². The lowest BCUT2D eigenvalue weighted by Gasteiger charge is -2.37. The van der Waals surface area contributed by atoms with Gasteiger partial charge in [0.15, 0.2) is 17.3 Å². The molecule has 1 aromatic rings. The molecule has 0 spiro atoms. The Bertz CT molecular complexity index is 914. The molecule has 9 heteroatoms. The zero-order chi connectivity index (χ0) is 22.1. The van der Waals surface area contributed by atoms with E-state index in [1.165, 1.54) is 0 Å². The lowest BCUT2D eigenvalue weighted by molar-refractivity contribution is -0.136. The Hall–Kier alpha value is -2.13. The molecule has 0 bridgehead atoms. The highest BCUT2D eigenvalue weighted by atomic mass is 32.2. The van der Waals surface area contributed by atoms with Crippen molar-refractivity contribution in [2.75, 3.05) is 32.6 Å². The summed E-state index contributed by atoms with van der Waals surface area (Å²) in [7, 11) is -3.53. The number of sulfonamides is 1. The molecule has 2 aliphatic heterocycles. The molecular weight excluding hydrogens is 408 g/mol. The summed E-state index contributed by atoms with van der Waals surface area (Å²) >= 11 is 0. The van der Waals surface area contributed by atoms with E-state index in [1.807, 2.05) is 20.8 Å². The van der Waals surface area contributed by atoms with Crippen LogP contribution in [0.5, 0.6) is 11.5 Å². The number of Topliss-reactive ketones (excluding diaryl/α,β-unsaturated/α-hetero) is 1. The minimum absolute atomic E-state index is 0.0284. The van der Waals surface area contributed by atoms with Crippen LogP contribution in [-0.4, -0.2) is 63.6 Å². The average molecular weight is 439 g/mol. The van der Waals surface area contributed by atoms with Gasteiger partial charge < -0.3 is 14.4 Å². The van der Waals surface area contributed by atoms with Crippen LogP contribution in [0.4, 0.5) is 0 Å². The fourth-order valence-electron chi connectivity index (χ4n) is 3.79. The predicted molar refractivity (Wildman–Crippen MR) is 112 cm³/mol. The van der Waals surface area contributed by atoms with Crippen LogP contribution in [0, 0.1) is 11.3 Å². The fourth-order valence-corrected chi connectivity index (χ4v) is 4.67. The molecule has 0 aromatic heterocycles. The Morgan fingerprint density at radius 3 is 2.27 bits per heavy atom. The molecule has 0 unspecified atom stereocenters. The minimum atomic E-state index is -3.53. The lowest BCUT2D eigenvalue weighted by Crippen LogP contribution is -2.56. The van der Waals surface area contributed by atoms with Crippen molar-refractivity contribution in [3.63, 3.8) is 0 Å². The van der Waals surface area contributed by atoms with Crippen molar-refractivity contribution in [3.8, 4) is 11.5 Å². The summed E-state index contributed by atoms with van der Waals surface area (Å²) in [5, 5.41) is 0. The van der Waals surface area contributed by atoms with Crippen molar-refractivity contribution < 1.29 is 27.5 Å². The van der Waals surface area contributed by atoms with Gasteiger partial charge >= 0.3 is 0 Å². The Kier molecular flexibility index (Phi) is 6.43. The number of hydrogen-bond acceptors (Lipinski definition) is 6. The van der Waals surface area contributed by atoms with Gasteiger partial charge in [-0.3, -0.25) is 9.59 Å². The second-order valence-corrected chi connectivity index (χ2v) is 10.8. The molecule has 8 nitrogen and oxygen atoms in total. The maximum Gasteiger partial charge on any atom is 0.241 e. The van der Waals surface area contributed by atoms with Crippen molar-refractivity contribution in [1.29, 1.82) is 0 Å². The molecule has 1 aromatic carbocycles. The van der Waals surface area contributed by atoms with Crippen LogP contribution < -0.4 is 14.2 Å². The number of hydrogen-bond donors (Lipinski definition) is 1. The number of carbonyl (C=O) groups is 2. The van der Waals surface area contributed by atoms with Crippen molar-refractivity contribution in [3.05, 3.63) is 23.8 Å². The first-order valence-electron chi connectivity index (χ1n) is 10.2. The van der Waals surface area contributed by atoms with Crippen LogP contribution in [0.15, 0.2) is 18.2 Å². The smallest absolute Gasteiger partial charge is 0.241 e. The fraction of sp³-hybridized carbons (Fsp3) is 0.619. The summed E-state index contributed by atoms with van der Waals surface area (Å²) in [5.74, 6) is 0.816. The van der Waals surface area contributed by atoms with E-state index in [4.69, 9.17) is 9.47 Å². The quantitative estimate of drug-likeness (QED) is 0.704. The molecule has 0 saturated carbocycles. The van der Waals surface area contributed by atoms with E-state index >= 15 is 0 Å². The first-order valence-corrected chi connectivity index (χ1v) is 12.0. The molecule has 2 aliphatic rings. The van der Waals surface area contributed by atoms with Gasteiger partial charge in [-0.05, 0) is 36.5 Å². The van der Waals surface area contributed by atoms with E-state index < -0.39 is 21.5 Å². The Morgan fingerprint density at radius 1 is 1.10 bits per heavy atom. The van der Waals surface area contributed by atoms with Gasteiger partial charge in [0, 0.05) is 24.6 Å². The van der Waals surface area contributed by atoms with Crippen LogP contribution in [-0.2, 0) is 14.8 Å². The molecule has 1 saturated heterocycles. The highest BCUT2D eigenvalue weighted by molar-refractivity contribution is 7.88. The maximum absolute atomic E-state index is 13.0. The van der Waals surface area contributed by atoms with Crippen LogP contribution >= 0.6 is 0 Å². The Labute approximate surface area is 178 Å². The summed E-state index contributed by atoms with van der Waals surface area (Å²) in [4.78, 5) is 27.6. The molecule has 166 valence electrons. The lowest BCUT2D eigenvalue weighted by atomic mass is 9.85. The number of ether oxygens (including phenoxy) is 2. The van der Waals surface area contributed by atoms with E-state index in [0.717, 1.165) is 6.26 Å². The van der Waals surface area contributed by atoms with Gasteiger partial charge in [0.1, 0.15) is 19.3 Å². The van der Waals surface area contributed by atoms with E-state index in [2.05, 4.69) is 4.72 Å². The topological polar surface area (TPSA) is 102 Å². The number of amides is 1. The number of fused-ring (bicyclic) bond motifs is 1. The highest BCUT2D eigenvalue weighted by Gasteiger charge is 2.38. The maximum atomic E-state index is 13.0. The van der Waals surface area contributed by atoms with Gasteiger partial charge in [-0.25, -0.2) is 13.1 Å². The van der Waals surface area contributed by atoms with Crippen LogP contribution in [0.2, 0.25) is 0 Å². The minimum Gasteiger partial charge on any atom is -0.486 e. The number of ketones is 1. The molecule has 3 rings (SSSR count). The van der Waals surface area contributed by atoms with Gasteiger partial charge in [0.05, 0.1) is 6.26 Å². The number of carbonyl (C=O) groups excluding carboxylic acids is 2. The molecule has 0 radical (unpaired) electrons. The largest absolute Gasteiger partial charge is 0.486 e. The third kappa shape index (κ3) is 5.31. The summed E-state index contributed by atoms with van der Waals surface area (Å²) in [6.45, 7) is 7.26. The molecular formula is C21H30N2O6S. The third-order valence-corrected chi connectivity index (χ3v) is 6.11. The van der Waals surface area contributed by atoms with Crippen LogP contribution in [0.25, 0.3) is 0 Å². The molecule has 1 amide bonds. The number of nitrogens with one attached hydrogen (secondary N) is 1. The van der Waals surface area contributed by atoms with Gasteiger partial charge in [0.2, 0.25) is 15.9 Å². The summed E-state index contributed by atoms with van der Waals surface area (Å²) < 4.78 is 37.0. The van der Waals surface area contributed by atoms with Crippen LogP contribution in [0.1, 0.15) is 44.0 Å². The monoisotopic (exact) mass is 438 g/mol.